The van der Waals surface area contributed by atoms with Crippen molar-refractivity contribution in [3.05, 3.63) is 112 Å². The highest BCUT2D eigenvalue weighted by Gasteiger charge is 2.73. The number of nitro groups is 1. The van der Waals surface area contributed by atoms with Gasteiger partial charge in [0.1, 0.15) is 6.61 Å². The molecule has 1 spiro atoms. The van der Waals surface area contributed by atoms with Crippen molar-refractivity contribution >= 4 is 22.4 Å². The number of nitrogens with zero attached hydrogens (tertiary/aromatic N) is 2. The van der Waals surface area contributed by atoms with E-state index in [-0.39, 0.29) is 16.9 Å². The molecule has 4 aromatic rings. The number of hydrogen-bond donors (Lipinski definition) is 1. The maximum Gasteiger partial charge on any atom is 0.256 e. The molecular formula is C33H31N3O5. The second kappa shape index (κ2) is 9.89. The van der Waals surface area contributed by atoms with E-state index >= 15 is 0 Å². The van der Waals surface area contributed by atoms with Crippen LogP contribution in [0.1, 0.15) is 42.4 Å². The summed E-state index contributed by atoms with van der Waals surface area (Å²) in [5, 5.41) is 18.2. The zero-order chi connectivity index (χ0) is 28.1. The molecule has 0 bridgehead atoms. The molecule has 2 fully saturated rings. The summed E-state index contributed by atoms with van der Waals surface area (Å²) in [4.78, 5) is 28.5. The first kappa shape index (κ1) is 25.5. The van der Waals surface area contributed by atoms with Crippen LogP contribution in [0.15, 0.2) is 84.9 Å². The van der Waals surface area contributed by atoms with Crippen molar-refractivity contribution in [2.75, 3.05) is 18.5 Å². The first-order chi connectivity index (χ1) is 20.0. The van der Waals surface area contributed by atoms with E-state index in [9.17, 15) is 14.9 Å². The summed E-state index contributed by atoms with van der Waals surface area (Å²) in [6.07, 6.45) is 1.67. The Bertz CT molecular complexity index is 1670. The van der Waals surface area contributed by atoms with Gasteiger partial charge in [0.2, 0.25) is 0 Å². The Morgan fingerprint density at radius 2 is 1.80 bits per heavy atom. The third kappa shape index (κ3) is 3.81. The normalized spacial score (nSPS) is 24.8. The molecule has 41 heavy (non-hydrogen) atoms. The van der Waals surface area contributed by atoms with Crippen molar-refractivity contribution in [1.82, 2.24) is 4.90 Å². The van der Waals surface area contributed by atoms with E-state index in [1.54, 1.807) is 0 Å². The first-order valence-electron chi connectivity index (χ1n) is 14.2. The zero-order valence-electron chi connectivity index (χ0n) is 22.8. The number of benzene rings is 4. The fraction of sp³-hybridized carbons (Fsp3) is 0.303. The molecule has 3 heterocycles. The lowest BCUT2D eigenvalue weighted by molar-refractivity contribution is -0.534. The molecule has 8 heteroatoms. The highest BCUT2D eigenvalue weighted by Crippen LogP contribution is 2.58. The minimum Gasteiger partial charge on any atom is -0.490 e. The third-order valence-electron chi connectivity index (χ3n) is 9.01. The fourth-order valence-electron chi connectivity index (χ4n) is 7.47. The second-order valence-electron chi connectivity index (χ2n) is 11.0. The predicted octanol–water partition coefficient (Wildman–Crippen LogP) is 5.87. The standard InChI is InChI=1S/C33H31N3O5/c1-2-40-29-19-22(16-17-28(29)41-20-23-11-7-10-21-9-3-4-12-24(21)23)30-27-15-8-18-35(27)33(31(30)36(38)39)25-13-5-6-14-26(25)34-32(33)37/h3-7,9-14,16-17,19,27,30-31H,2,8,15,18,20H2,1H3,(H,34,37)/t27-,30+,31-,33+/m0/s1. The van der Waals surface area contributed by atoms with E-state index in [0.29, 0.717) is 42.5 Å². The van der Waals surface area contributed by atoms with Crippen LogP contribution in [0.4, 0.5) is 5.69 Å². The number of fused-ring (bicyclic) bond motifs is 5. The second-order valence-corrected chi connectivity index (χ2v) is 11.0. The van der Waals surface area contributed by atoms with Crippen LogP contribution in [0, 0.1) is 10.1 Å². The molecule has 2 saturated heterocycles. The van der Waals surface area contributed by atoms with Crippen molar-refractivity contribution in [3.8, 4) is 11.5 Å². The lowest BCUT2D eigenvalue weighted by Crippen LogP contribution is -2.55. The van der Waals surface area contributed by atoms with Crippen molar-refractivity contribution in [2.45, 2.75) is 49.9 Å². The Hall–Kier alpha value is -4.43. The minimum absolute atomic E-state index is 0.140. The van der Waals surface area contributed by atoms with Crippen LogP contribution in [0.25, 0.3) is 10.8 Å². The Morgan fingerprint density at radius 1 is 1.00 bits per heavy atom. The molecule has 0 saturated carbocycles. The van der Waals surface area contributed by atoms with Crippen LogP contribution in [0.3, 0.4) is 0 Å². The summed E-state index contributed by atoms with van der Waals surface area (Å²) in [5.74, 6) is 0.334. The smallest absolute Gasteiger partial charge is 0.256 e. The van der Waals surface area contributed by atoms with Gasteiger partial charge in [0, 0.05) is 28.8 Å². The molecule has 1 N–H and O–H groups in total. The van der Waals surface area contributed by atoms with E-state index in [1.165, 1.54) is 0 Å². The zero-order valence-corrected chi connectivity index (χ0v) is 22.8. The summed E-state index contributed by atoms with van der Waals surface area (Å²) < 4.78 is 12.3. The van der Waals surface area contributed by atoms with Crippen molar-refractivity contribution in [3.63, 3.8) is 0 Å². The average Bonchev–Trinajstić information content (AvgIpc) is 3.65. The van der Waals surface area contributed by atoms with Gasteiger partial charge >= 0.3 is 0 Å². The van der Waals surface area contributed by atoms with Gasteiger partial charge in [-0.25, -0.2) is 0 Å². The number of rotatable bonds is 7. The van der Waals surface area contributed by atoms with Gasteiger partial charge in [-0.3, -0.25) is 19.8 Å². The number of carbonyl (C=O) groups is 1. The molecule has 3 aliphatic heterocycles. The number of ether oxygens (including phenoxy) is 2. The maximum absolute atomic E-state index is 13.7. The van der Waals surface area contributed by atoms with E-state index < -0.39 is 17.5 Å². The van der Waals surface area contributed by atoms with Gasteiger partial charge in [-0.05, 0) is 59.9 Å². The number of hydrogen-bond acceptors (Lipinski definition) is 6. The highest BCUT2D eigenvalue weighted by molar-refractivity contribution is 6.07. The molecule has 208 valence electrons. The summed E-state index contributed by atoms with van der Waals surface area (Å²) in [6.45, 7) is 3.33. The summed E-state index contributed by atoms with van der Waals surface area (Å²) >= 11 is 0. The van der Waals surface area contributed by atoms with Gasteiger partial charge in [0.15, 0.2) is 17.0 Å². The number of carbonyl (C=O) groups excluding carboxylic acids is 1. The van der Waals surface area contributed by atoms with E-state index in [4.69, 9.17) is 9.47 Å². The average molecular weight is 550 g/mol. The molecule has 8 nitrogen and oxygen atoms in total. The van der Waals surface area contributed by atoms with E-state index in [2.05, 4.69) is 34.5 Å². The van der Waals surface area contributed by atoms with Crippen LogP contribution < -0.4 is 14.8 Å². The Kier molecular flexibility index (Phi) is 6.16. The van der Waals surface area contributed by atoms with Crippen LogP contribution >= 0.6 is 0 Å². The quantitative estimate of drug-likeness (QED) is 0.229. The predicted molar refractivity (Wildman–Crippen MR) is 156 cm³/mol. The van der Waals surface area contributed by atoms with Gasteiger partial charge in [0.25, 0.3) is 11.9 Å². The molecule has 0 aliphatic carbocycles. The number of nitrogens with one attached hydrogen (secondary N) is 1. The SMILES string of the molecule is CCOc1cc([C@H]2[C@H]([N+](=O)[O-])[C@]3(C(=O)Nc4ccccc43)N3CCC[C@@H]23)ccc1OCc1cccc2ccccc12. The summed E-state index contributed by atoms with van der Waals surface area (Å²) in [6, 6.07) is 26.1. The number of anilines is 1. The summed E-state index contributed by atoms with van der Waals surface area (Å²) in [7, 11) is 0. The van der Waals surface area contributed by atoms with E-state index in [1.807, 2.05) is 67.6 Å². The van der Waals surface area contributed by atoms with Gasteiger partial charge in [-0.1, -0.05) is 66.7 Å². The van der Waals surface area contributed by atoms with Crippen LogP contribution in [0.5, 0.6) is 11.5 Å². The number of amides is 1. The molecule has 0 radical (unpaired) electrons. The lowest BCUT2D eigenvalue weighted by atomic mass is 9.77. The topological polar surface area (TPSA) is 93.9 Å². The van der Waals surface area contributed by atoms with Crippen LogP contribution in [0.2, 0.25) is 0 Å². The largest absolute Gasteiger partial charge is 0.490 e. The molecule has 1 amide bonds. The van der Waals surface area contributed by atoms with Crippen LogP contribution in [-0.2, 0) is 16.9 Å². The Labute approximate surface area is 238 Å². The molecule has 4 aromatic carbocycles. The van der Waals surface area contributed by atoms with Gasteiger partial charge in [0.05, 0.1) is 12.5 Å². The van der Waals surface area contributed by atoms with Crippen molar-refractivity contribution in [2.24, 2.45) is 0 Å². The molecule has 4 atom stereocenters. The Balaban J connectivity index is 1.27. The lowest BCUT2D eigenvalue weighted by Gasteiger charge is -2.32. The maximum atomic E-state index is 13.7. The molecule has 7 rings (SSSR count). The number of para-hydroxylation sites is 1. The minimum atomic E-state index is -1.35. The van der Waals surface area contributed by atoms with Crippen LogP contribution in [-0.4, -0.2) is 41.0 Å². The molecule has 0 aromatic heterocycles. The van der Waals surface area contributed by atoms with Gasteiger partial charge in [-0.2, -0.15) is 0 Å². The van der Waals surface area contributed by atoms with Gasteiger partial charge in [-0.15, -0.1) is 0 Å². The highest BCUT2D eigenvalue weighted by atomic mass is 16.6. The van der Waals surface area contributed by atoms with Crippen molar-refractivity contribution in [1.29, 1.82) is 0 Å². The van der Waals surface area contributed by atoms with E-state index in [0.717, 1.165) is 34.7 Å². The molecule has 0 unspecified atom stereocenters. The summed E-state index contributed by atoms with van der Waals surface area (Å²) in [5.41, 5.74) is 1.86. The Morgan fingerprint density at radius 3 is 2.66 bits per heavy atom. The first-order valence-corrected chi connectivity index (χ1v) is 14.2. The third-order valence-corrected chi connectivity index (χ3v) is 9.01. The monoisotopic (exact) mass is 549 g/mol. The molecule has 3 aliphatic rings. The molecular weight excluding hydrogens is 518 g/mol. The fourth-order valence-corrected chi connectivity index (χ4v) is 7.47. The van der Waals surface area contributed by atoms with Crippen molar-refractivity contribution < 1.29 is 19.2 Å². The van der Waals surface area contributed by atoms with Gasteiger partial charge < -0.3 is 14.8 Å².